The standard InChI is InChI=1S/C25H22N2O4S/c1-4-15-5-9-17(10-6-15)27-24(29)21(23(28)26-25(27)32)14-20-19-13-18(30-2)11-7-16(19)8-12-22(20)31-3/h5-14H,4H2,1-3H3,(H,26,28,32)/b21-14+. The maximum atomic E-state index is 13.4. The molecule has 0 unspecified atom stereocenters. The number of anilines is 1. The van der Waals surface area contributed by atoms with Crippen LogP contribution in [0, 0.1) is 0 Å². The van der Waals surface area contributed by atoms with Crippen molar-refractivity contribution in [3.63, 3.8) is 0 Å². The van der Waals surface area contributed by atoms with Crippen molar-refractivity contribution in [1.29, 1.82) is 0 Å². The van der Waals surface area contributed by atoms with Crippen LogP contribution < -0.4 is 19.7 Å². The monoisotopic (exact) mass is 446 g/mol. The Hall–Kier alpha value is -3.71. The molecule has 0 atom stereocenters. The van der Waals surface area contributed by atoms with E-state index in [0.29, 0.717) is 22.7 Å². The average molecular weight is 447 g/mol. The van der Waals surface area contributed by atoms with E-state index in [1.165, 1.54) is 4.90 Å². The predicted octanol–water partition coefficient (Wildman–Crippen LogP) is 4.25. The van der Waals surface area contributed by atoms with E-state index in [2.05, 4.69) is 12.2 Å². The lowest BCUT2D eigenvalue weighted by Gasteiger charge is -2.29. The third-order valence-electron chi connectivity index (χ3n) is 5.44. The number of carbonyl (C=O) groups excluding carboxylic acids is 2. The Morgan fingerprint density at radius 3 is 2.38 bits per heavy atom. The Labute approximate surface area is 191 Å². The fourth-order valence-electron chi connectivity index (χ4n) is 3.67. The molecular formula is C25H22N2O4S. The number of methoxy groups -OCH3 is 2. The quantitative estimate of drug-likeness (QED) is 0.361. The molecule has 1 N–H and O–H groups in total. The molecule has 162 valence electrons. The SMILES string of the molecule is CCc1ccc(N2C(=O)/C(=C/c3c(OC)ccc4ccc(OC)cc34)C(=O)NC2=S)cc1. The van der Waals surface area contributed by atoms with Crippen LogP contribution in [0.5, 0.6) is 11.5 Å². The second-order valence-electron chi connectivity index (χ2n) is 7.25. The fraction of sp³-hybridized carbons (Fsp3) is 0.160. The summed E-state index contributed by atoms with van der Waals surface area (Å²) in [7, 11) is 3.13. The molecule has 1 aliphatic rings. The summed E-state index contributed by atoms with van der Waals surface area (Å²) < 4.78 is 10.9. The fourth-order valence-corrected chi connectivity index (χ4v) is 3.95. The molecule has 3 aromatic rings. The van der Waals surface area contributed by atoms with E-state index in [1.54, 1.807) is 26.4 Å². The molecule has 0 saturated carbocycles. The summed E-state index contributed by atoms with van der Waals surface area (Å²) in [5.74, 6) is 0.142. The Morgan fingerprint density at radius 1 is 1.00 bits per heavy atom. The van der Waals surface area contributed by atoms with Crippen LogP contribution in [0.2, 0.25) is 0 Å². The normalized spacial score (nSPS) is 15.3. The summed E-state index contributed by atoms with van der Waals surface area (Å²) in [5.41, 5.74) is 2.30. The number of ether oxygens (including phenoxy) is 2. The van der Waals surface area contributed by atoms with Gasteiger partial charge in [0.25, 0.3) is 11.8 Å². The Morgan fingerprint density at radius 2 is 1.72 bits per heavy atom. The lowest BCUT2D eigenvalue weighted by molar-refractivity contribution is -0.122. The van der Waals surface area contributed by atoms with Crippen LogP contribution in [0.15, 0.2) is 60.2 Å². The minimum Gasteiger partial charge on any atom is -0.497 e. The summed E-state index contributed by atoms with van der Waals surface area (Å²) >= 11 is 5.31. The lowest BCUT2D eigenvalue weighted by atomic mass is 9.99. The highest BCUT2D eigenvalue weighted by molar-refractivity contribution is 7.80. The number of fused-ring (bicyclic) bond motifs is 1. The van der Waals surface area contributed by atoms with Gasteiger partial charge in [0, 0.05) is 5.56 Å². The van der Waals surface area contributed by atoms with E-state index in [-0.39, 0.29) is 10.7 Å². The summed E-state index contributed by atoms with van der Waals surface area (Å²) in [6.07, 6.45) is 2.43. The van der Waals surface area contributed by atoms with Crippen LogP contribution >= 0.6 is 12.2 Å². The molecule has 7 heteroatoms. The summed E-state index contributed by atoms with van der Waals surface area (Å²) in [5, 5.41) is 4.39. The van der Waals surface area contributed by atoms with Crippen LogP contribution in [0.4, 0.5) is 5.69 Å². The lowest BCUT2D eigenvalue weighted by Crippen LogP contribution is -2.54. The van der Waals surface area contributed by atoms with Crippen molar-refractivity contribution in [2.75, 3.05) is 19.1 Å². The molecule has 0 spiro atoms. The molecule has 4 rings (SSSR count). The Kier molecular flexibility index (Phi) is 5.92. The van der Waals surface area contributed by atoms with Crippen molar-refractivity contribution in [3.8, 4) is 11.5 Å². The molecule has 2 amide bonds. The number of hydrogen-bond acceptors (Lipinski definition) is 5. The first-order valence-electron chi connectivity index (χ1n) is 10.1. The average Bonchev–Trinajstić information content (AvgIpc) is 2.81. The highest BCUT2D eigenvalue weighted by Crippen LogP contribution is 2.33. The zero-order valence-corrected chi connectivity index (χ0v) is 18.8. The molecule has 32 heavy (non-hydrogen) atoms. The molecule has 1 heterocycles. The van der Waals surface area contributed by atoms with Gasteiger partial charge < -0.3 is 9.47 Å². The Bertz CT molecular complexity index is 1260. The third-order valence-corrected chi connectivity index (χ3v) is 5.73. The second-order valence-corrected chi connectivity index (χ2v) is 7.63. The van der Waals surface area contributed by atoms with Gasteiger partial charge in [-0.3, -0.25) is 19.8 Å². The summed E-state index contributed by atoms with van der Waals surface area (Å²) in [6, 6.07) is 16.8. The number of amides is 2. The van der Waals surface area contributed by atoms with Gasteiger partial charge in [-0.25, -0.2) is 0 Å². The van der Waals surface area contributed by atoms with Crippen LogP contribution in [0.3, 0.4) is 0 Å². The predicted molar refractivity (Wildman–Crippen MR) is 129 cm³/mol. The van der Waals surface area contributed by atoms with Crippen LogP contribution in [0.1, 0.15) is 18.1 Å². The molecule has 0 aromatic heterocycles. The summed E-state index contributed by atoms with van der Waals surface area (Å²) in [6.45, 7) is 2.05. The van der Waals surface area contributed by atoms with Crippen molar-refractivity contribution in [1.82, 2.24) is 5.32 Å². The van der Waals surface area contributed by atoms with Crippen LogP contribution in [0.25, 0.3) is 16.8 Å². The molecule has 6 nitrogen and oxygen atoms in total. The van der Waals surface area contributed by atoms with Gasteiger partial charge in [-0.2, -0.15) is 0 Å². The van der Waals surface area contributed by atoms with Gasteiger partial charge in [0.05, 0.1) is 19.9 Å². The molecule has 0 aliphatic carbocycles. The van der Waals surface area contributed by atoms with E-state index in [0.717, 1.165) is 22.8 Å². The van der Waals surface area contributed by atoms with E-state index >= 15 is 0 Å². The number of nitrogens with zero attached hydrogens (tertiary/aromatic N) is 1. The van der Waals surface area contributed by atoms with E-state index in [9.17, 15) is 9.59 Å². The minimum atomic E-state index is -0.552. The van der Waals surface area contributed by atoms with Gasteiger partial charge in [0.1, 0.15) is 17.1 Å². The smallest absolute Gasteiger partial charge is 0.270 e. The van der Waals surface area contributed by atoms with Crippen molar-refractivity contribution < 1.29 is 19.1 Å². The van der Waals surface area contributed by atoms with Gasteiger partial charge >= 0.3 is 0 Å². The van der Waals surface area contributed by atoms with Gasteiger partial charge in [-0.15, -0.1) is 0 Å². The molecule has 3 aromatic carbocycles. The topological polar surface area (TPSA) is 67.9 Å². The first kappa shape index (κ1) is 21.5. The molecule has 1 saturated heterocycles. The maximum absolute atomic E-state index is 13.4. The maximum Gasteiger partial charge on any atom is 0.270 e. The van der Waals surface area contributed by atoms with E-state index in [4.69, 9.17) is 21.7 Å². The third kappa shape index (κ3) is 3.83. The zero-order valence-electron chi connectivity index (χ0n) is 18.0. The molecule has 1 fully saturated rings. The second kappa shape index (κ2) is 8.80. The van der Waals surface area contributed by atoms with Gasteiger partial charge in [0.15, 0.2) is 5.11 Å². The number of benzene rings is 3. The van der Waals surface area contributed by atoms with Gasteiger partial charge in [-0.05, 0) is 71.4 Å². The van der Waals surface area contributed by atoms with E-state index in [1.807, 2.05) is 48.5 Å². The van der Waals surface area contributed by atoms with Gasteiger partial charge in [-0.1, -0.05) is 31.2 Å². The number of rotatable bonds is 5. The van der Waals surface area contributed by atoms with Crippen molar-refractivity contribution in [3.05, 3.63) is 71.3 Å². The first-order chi connectivity index (χ1) is 15.5. The van der Waals surface area contributed by atoms with Crippen LogP contribution in [-0.2, 0) is 16.0 Å². The first-order valence-corrected chi connectivity index (χ1v) is 10.5. The molecule has 0 radical (unpaired) electrons. The van der Waals surface area contributed by atoms with E-state index < -0.39 is 11.8 Å². The number of aryl methyl sites for hydroxylation is 1. The highest BCUT2D eigenvalue weighted by Gasteiger charge is 2.34. The zero-order chi connectivity index (χ0) is 22.8. The van der Waals surface area contributed by atoms with Crippen molar-refractivity contribution in [2.24, 2.45) is 0 Å². The number of nitrogens with one attached hydrogen (secondary N) is 1. The number of thiocarbonyl (C=S) groups is 1. The van der Waals surface area contributed by atoms with Crippen LogP contribution in [-0.4, -0.2) is 31.1 Å². The minimum absolute atomic E-state index is 0.0354. The summed E-state index contributed by atoms with van der Waals surface area (Å²) in [4.78, 5) is 27.5. The van der Waals surface area contributed by atoms with Gasteiger partial charge in [0.2, 0.25) is 0 Å². The van der Waals surface area contributed by atoms with Crippen molar-refractivity contribution in [2.45, 2.75) is 13.3 Å². The number of carbonyl (C=O) groups is 2. The Balaban J connectivity index is 1.85. The number of hydrogen-bond donors (Lipinski definition) is 1. The largest absolute Gasteiger partial charge is 0.497 e. The molecular weight excluding hydrogens is 424 g/mol. The molecule has 1 aliphatic heterocycles. The highest BCUT2D eigenvalue weighted by atomic mass is 32.1. The van der Waals surface area contributed by atoms with Crippen molar-refractivity contribution >= 4 is 51.7 Å². The molecule has 0 bridgehead atoms.